The second kappa shape index (κ2) is 3.75. The summed E-state index contributed by atoms with van der Waals surface area (Å²) in [6.45, 7) is 1.62. The second-order valence-corrected chi connectivity index (χ2v) is 2.66. The first-order chi connectivity index (χ1) is 6.61. The number of nitro benzene ring substituents is 1. The third kappa shape index (κ3) is 1.50. The van der Waals surface area contributed by atoms with Gasteiger partial charge in [-0.2, -0.15) is 5.26 Å². The topological polar surface area (TPSA) is 76.2 Å². The molecule has 5 nitrogen and oxygen atoms in total. The molecule has 0 aromatic heterocycles. The molecular formula is C9H8N2O3. The number of nitriles is 1. The molecule has 0 heterocycles. The molecule has 0 aliphatic rings. The van der Waals surface area contributed by atoms with Crippen LogP contribution in [0.25, 0.3) is 0 Å². The van der Waals surface area contributed by atoms with E-state index in [1.165, 1.54) is 19.2 Å². The maximum absolute atomic E-state index is 10.5. The highest BCUT2D eigenvalue weighted by Crippen LogP contribution is 2.28. The van der Waals surface area contributed by atoms with Gasteiger partial charge >= 0.3 is 0 Å². The quantitative estimate of drug-likeness (QED) is 0.528. The summed E-state index contributed by atoms with van der Waals surface area (Å²) in [7, 11) is 1.45. The molecule has 14 heavy (non-hydrogen) atoms. The highest BCUT2D eigenvalue weighted by Gasteiger charge is 2.18. The van der Waals surface area contributed by atoms with Crippen LogP contribution in [-0.2, 0) is 0 Å². The number of nitro groups is 1. The van der Waals surface area contributed by atoms with Crippen molar-refractivity contribution in [3.05, 3.63) is 33.4 Å². The van der Waals surface area contributed by atoms with Crippen LogP contribution in [-0.4, -0.2) is 12.0 Å². The van der Waals surface area contributed by atoms with Crippen LogP contribution in [0, 0.1) is 28.4 Å². The highest BCUT2D eigenvalue weighted by molar-refractivity contribution is 5.57. The van der Waals surface area contributed by atoms with E-state index in [4.69, 9.17) is 10.00 Å². The summed E-state index contributed by atoms with van der Waals surface area (Å²) in [5.41, 5.74) is 0.351. The van der Waals surface area contributed by atoms with E-state index in [9.17, 15) is 10.1 Å². The normalized spacial score (nSPS) is 9.21. The summed E-state index contributed by atoms with van der Waals surface area (Å²) >= 11 is 0. The van der Waals surface area contributed by atoms with E-state index < -0.39 is 4.92 Å². The first-order valence-electron chi connectivity index (χ1n) is 3.84. The molecule has 0 spiro atoms. The summed E-state index contributed by atoms with van der Waals surface area (Å²) in [4.78, 5) is 9.97. The smallest absolute Gasteiger partial charge is 0.287 e. The average Bonchev–Trinajstić information content (AvgIpc) is 2.17. The number of hydrogen-bond donors (Lipinski definition) is 0. The largest absolute Gasteiger partial charge is 0.496 e. The first kappa shape index (κ1) is 9.99. The van der Waals surface area contributed by atoms with E-state index in [2.05, 4.69) is 0 Å². The van der Waals surface area contributed by atoms with Crippen LogP contribution >= 0.6 is 0 Å². The summed E-state index contributed by atoms with van der Waals surface area (Å²) < 4.78 is 4.95. The van der Waals surface area contributed by atoms with E-state index in [1.807, 2.05) is 0 Å². The van der Waals surface area contributed by atoms with Gasteiger partial charge in [0.15, 0.2) is 0 Å². The summed E-state index contributed by atoms with van der Waals surface area (Å²) in [5.74, 6) is 0.479. The van der Waals surface area contributed by atoms with E-state index >= 15 is 0 Å². The summed E-state index contributed by atoms with van der Waals surface area (Å²) in [5, 5.41) is 19.3. The van der Waals surface area contributed by atoms with Crippen LogP contribution in [0.5, 0.6) is 5.75 Å². The maximum atomic E-state index is 10.5. The van der Waals surface area contributed by atoms with Crippen molar-refractivity contribution in [3.8, 4) is 11.8 Å². The highest BCUT2D eigenvalue weighted by atomic mass is 16.6. The number of nitrogens with zero attached hydrogens (tertiary/aromatic N) is 2. The van der Waals surface area contributed by atoms with Gasteiger partial charge in [-0.1, -0.05) is 0 Å². The van der Waals surface area contributed by atoms with Gasteiger partial charge in [-0.05, 0) is 13.0 Å². The Kier molecular flexibility index (Phi) is 2.67. The minimum absolute atomic E-state index is 0.0503. The van der Waals surface area contributed by atoms with Gasteiger partial charge in [0.05, 0.1) is 12.0 Å². The Bertz CT molecular complexity index is 421. The molecule has 1 aromatic carbocycles. The zero-order chi connectivity index (χ0) is 10.7. The van der Waals surface area contributed by atoms with E-state index in [-0.39, 0.29) is 11.3 Å². The van der Waals surface area contributed by atoms with Gasteiger partial charge in [0.2, 0.25) is 0 Å². The number of rotatable bonds is 2. The third-order valence-corrected chi connectivity index (χ3v) is 1.92. The number of benzene rings is 1. The molecule has 0 saturated heterocycles. The van der Waals surface area contributed by atoms with Gasteiger partial charge in [-0.15, -0.1) is 0 Å². The number of ether oxygens (including phenoxy) is 1. The lowest BCUT2D eigenvalue weighted by molar-refractivity contribution is -0.385. The summed E-state index contributed by atoms with van der Waals surface area (Å²) in [6.07, 6.45) is 0. The van der Waals surface area contributed by atoms with Gasteiger partial charge in [0.1, 0.15) is 17.4 Å². The van der Waals surface area contributed by atoms with E-state index in [0.717, 1.165) is 0 Å². The monoisotopic (exact) mass is 192 g/mol. The Balaban J connectivity index is 3.45. The molecule has 0 saturated carbocycles. The van der Waals surface area contributed by atoms with Crippen molar-refractivity contribution in [2.45, 2.75) is 6.92 Å². The van der Waals surface area contributed by atoms with Crippen LogP contribution in [0.4, 0.5) is 5.69 Å². The first-order valence-corrected chi connectivity index (χ1v) is 3.84. The minimum atomic E-state index is -0.578. The second-order valence-electron chi connectivity index (χ2n) is 2.66. The van der Waals surface area contributed by atoms with Gasteiger partial charge in [0, 0.05) is 11.6 Å². The SMILES string of the molecule is COc1ccc([N+](=O)[O-])c(C#N)c1C. The molecule has 0 aliphatic carbocycles. The fraction of sp³-hybridized carbons (Fsp3) is 0.222. The predicted molar refractivity (Wildman–Crippen MR) is 49.1 cm³/mol. The third-order valence-electron chi connectivity index (χ3n) is 1.92. The molecular weight excluding hydrogens is 184 g/mol. The van der Waals surface area contributed by atoms with Gasteiger partial charge in [-0.25, -0.2) is 0 Å². The Morgan fingerprint density at radius 2 is 2.21 bits per heavy atom. The molecule has 1 aromatic rings. The number of methoxy groups -OCH3 is 1. The average molecular weight is 192 g/mol. The van der Waals surface area contributed by atoms with Crippen molar-refractivity contribution in [2.75, 3.05) is 7.11 Å². The van der Waals surface area contributed by atoms with Crippen molar-refractivity contribution in [2.24, 2.45) is 0 Å². The van der Waals surface area contributed by atoms with Crippen molar-refractivity contribution >= 4 is 5.69 Å². The van der Waals surface area contributed by atoms with Crippen molar-refractivity contribution in [1.29, 1.82) is 5.26 Å². The van der Waals surface area contributed by atoms with Crippen molar-refractivity contribution in [3.63, 3.8) is 0 Å². The van der Waals surface area contributed by atoms with E-state index in [0.29, 0.717) is 11.3 Å². The van der Waals surface area contributed by atoms with Crippen LogP contribution in [0.1, 0.15) is 11.1 Å². The lowest BCUT2D eigenvalue weighted by Crippen LogP contribution is -1.97. The van der Waals surface area contributed by atoms with Crippen LogP contribution < -0.4 is 4.74 Å². The zero-order valence-corrected chi connectivity index (χ0v) is 7.77. The lowest BCUT2D eigenvalue weighted by Gasteiger charge is -2.05. The fourth-order valence-corrected chi connectivity index (χ4v) is 1.19. The molecule has 0 bridgehead atoms. The Labute approximate surface area is 80.7 Å². The van der Waals surface area contributed by atoms with Crippen molar-refractivity contribution < 1.29 is 9.66 Å². The fourth-order valence-electron chi connectivity index (χ4n) is 1.19. The molecule has 0 aliphatic heterocycles. The zero-order valence-electron chi connectivity index (χ0n) is 7.77. The molecule has 0 N–H and O–H groups in total. The molecule has 72 valence electrons. The van der Waals surface area contributed by atoms with Gasteiger partial charge < -0.3 is 4.74 Å². The summed E-state index contributed by atoms with van der Waals surface area (Å²) in [6, 6.07) is 4.55. The predicted octanol–water partition coefficient (Wildman–Crippen LogP) is 1.78. The molecule has 5 heteroatoms. The Morgan fingerprint density at radius 1 is 1.57 bits per heavy atom. The molecule has 0 unspecified atom stereocenters. The number of hydrogen-bond acceptors (Lipinski definition) is 4. The van der Waals surface area contributed by atoms with Crippen LogP contribution in [0.2, 0.25) is 0 Å². The van der Waals surface area contributed by atoms with Crippen LogP contribution in [0.15, 0.2) is 12.1 Å². The minimum Gasteiger partial charge on any atom is -0.496 e. The molecule has 1 rings (SSSR count). The lowest BCUT2D eigenvalue weighted by atomic mass is 10.1. The van der Waals surface area contributed by atoms with Crippen LogP contribution in [0.3, 0.4) is 0 Å². The Hall–Kier alpha value is -2.09. The molecule has 0 atom stereocenters. The molecule has 0 amide bonds. The van der Waals surface area contributed by atoms with Crippen molar-refractivity contribution in [1.82, 2.24) is 0 Å². The Morgan fingerprint density at radius 3 is 2.64 bits per heavy atom. The molecule has 0 fully saturated rings. The maximum Gasteiger partial charge on any atom is 0.287 e. The molecule has 0 radical (unpaired) electrons. The standard InChI is InChI=1S/C9H8N2O3/c1-6-7(5-10)8(11(12)13)3-4-9(6)14-2/h3-4H,1-2H3. The van der Waals surface area contributed by atoms with Gasteiger partial charge in [-0.3, -0.25) is 10.1 Å². The van der Waals surface area contributed by atoms with E-state index in [1.54, 1.807) is 13.0 Å². The van der Waals surface area contributed by atoms with Gasteiger partial charge in [0.25, 0.3) is 5.69 Å².